The zero-order valence-corrected chi connectivity index (χ0v) is 12.7. The van der Waals surface area contributed by atoms with Gasteiger partial charge in [-0.25, -0.2) is 0 Å². The molecule has 1 N–H and O–H groups in total. The van der Waals surface area contributed by atoms with Crippen molar-refractivity contribution in [3.63, 3.8) is 0 Å². The van der Waals surface area contributed by atoms with Gasteiger partial charge in [0.25, 0.3) is 0 Å². The van der Waals surface area contributed by atoms with Crippen LogP contribution in [0.4, 0.5) is 0 Å². The third kappa shape index (κ3) is 4.30. The molecule has 0 radical (unpaired) electrons. The molecular formula is C18H22N2O. The van der Waals surface area contributed by atoms with E-state index in [1.165, 1.54) is 29.5 Å². The van der Waals surface area contributed by atoms with Crippen LogP contribution in [0.15, 0.2) is 36.5 Å². The summed E-state index contributed by atoms with van der Waals surface area (Å²) in [7, 11) is 0. The molecule has 0 atom stereocenters. The number of benzene rings is 1. The normalized spacial score (nSPS) is 14.2. The molecule has 21 heavy (non-hydrogen) atoms. The maximum atomic E-state index is 5.82. The summed E-state index contributed by atoms with van der Waals surface area (Å²) in [5, 5.41) is 3.49. The Hall–Kier alpha value is -1.87. The van der Waals surface area contributed by atoms with Crippen molar-refractivity contribution in [3.8, 4) is 5.75 Å². The molecule has 3 nitrogen and oxygen atoms in total. The van der Waals surface area contributed by atoms with Crippen LogP contribution in [-0.4, -0.2) is 11.0 Å². The first kappa shape index (κ1) is 14.1. The van der Waals surface area contributed by atoms with Crippen LogP contribution in [0.3, 0.4) is 0 Å². The van der Waals surface area contributed by atoms with E-state index in [1.807, 2.05) is 12.3 Å². The molecule has 0 aliphatic heterocycles. The highest BCUT2D eigenvalue weighted by Gasteiger charge is 2.19. The lowest BCUT2D eigenvalue weighted by Crippen LogP contribution is -2.15. The van der Waals surface area contributed by atoms with E-state index in [-0.39, 0.29) is 0 Å². The van der Waals surface area contributed by atoms with Gasteiger partial charge in [0.1, 0.15) is 12.4 Å². The lowest BCUT2D eigenvalue weighted by molar-refractivity contribution is 0.301. The summed E-state index contributed by atoms with van der Waals surface area (Å²) in [6, 6.07) is 11.2. The highest BCUT2D eigenvalue weighted by Crippen LogP contribution is 2.19. The fourth-order valence-corrected chi connectivity index (χ4v) is 2.37. The summed E-state index contributed by atoms with van der Waals surface area (Å²) >= 11 is 0. The summed E-state index contributed by atoms with van der Waals surface area (Å²) < 4.78 is 5.82. The molecule has 0 amide bonds. The zero-order valence-electron chi connectivity index (χ0n) is 12.7. The van der Waals surface area contributed by atoms with E-state index in [9.17, 15) is 0 Å². The van der Waals surface area contributed by atoms with E-state index in [1.54, 1.807) is 0 Å². The van der Waals surface area contributed by atoms with Crippen LogP contribution < -0.4 is 10.1 Å². The van der Waals surface area contributed by atoms with Crippen LogP contribution in [0.2, 0.25) is 0 Å². The highest BCUT2D eigenvalue weighted by atomic mass is 16.5. The van der Waals surface area contributed by atoms with Gasteiger partial charge in [-0.15, -0.1) is 0 Å². The number of hydrogen-bond donors (Lipinski definition) is 1. The largest absolute Gasteiger partial charge is 0.487 e. The van der Waals surface area contributed by atoms with Crippen molar-refractivity contribution < 1.29 is 4.74 Å². The lowest BCUT2D eigenvalue weighted by atomic mass is 10.1. The molecule has 1 heterocycles. The van der Waals surface area contributed by atoms with Gasteiger partial charge in [-0.1, -0.05) is 12.1 Å². The second-order valence-corrected chi connectivity index (χ2v) is 5.93. The number of nitrogens with zero attached hydrogens (tertiary/aromatic N) is 1. The number of nitrogens with one attached hydrogen (secondary N) is 1. The molecule has 1 aliphatic carbocycles. The molecule has 2 aromatic rings. The monoisotopic (exact) mass is 282 g/mol. The minimum Gasteiger partial charge on any atom is -0.487 e. The third-order valence-electron chi connectivity index (χ3n) is 3.64. The van der Waals surface area contributed by atoms with Crippen molar-refractivity contribution in [3.05, 3.63) is 58.9 Å². The predicted molar refractivity (Wildman–Crippen MR) is 84.3 cm³/mol. The van der Waals surface area contributed by atoms with Gasteiger partial charge in [0, 0.05) is 18.8 Å². The molecule has 1 fully saturated rings. The Balaban J connectivity index is 1.54. The van der Waals surface area contributed by atoms with Crippen LogP contribution in [0, 0.1) is 13.8 Å². The van der Waals surface area contributed by atoms with E-state index in [0.717, 1.165) is 24.0 Å². The third-order valence-corrected chi connectivity index (χ3v) is 3.64. The minimum absolute atomic E-state index is 0.513. The summed E-state index contributed by atoms with van der Waals surface area (Å²) in [5.74, 6) is 0.911. The van der Waals surface area contributed by atoms with Gasteiger partial charge in [-0.2, -0.15) is 0 Å². The first-order chi connectivity index (χ1) is 10.2. The van der Waals surface area contributed by atoms with Crippen molar-refractivity contribution in [2.45, 2.75) is 45.9 Å². The maximum absolute atomic E-state index is 5.82. The highest BCUT2D eigenvalue weighted by molar-refractivity contribution is 5.33. The average Bonchev–Trinajstić information content (AvgIpc) is 3.27. The maximum Gasteiger partial charge on any atom is 0.130 e. The number of aromatic nitrogens is 1. The molecule has 1 saturated carbocycles. The summed E-state index contributed by atoms with van der Waals surface area (Å²) in [6.45, 7) is 5.59. The van der Waals surface area contributed by atoms with Crippen LogP contribution >= 0.6 is 0 Å². The quantitative estimate of drug-likeness (QED) is 0.880. The molecule has 3 heteroatoms. The topological polar surface area (TPSA) is 34.1 Å². The van der Waals surface area contributed by atoms with Crippen molar-refractivity contribution >= 4 is 0 Å². The van der Waals surface area contributed by atoms with Gasteiger partial charge in [0.2, 0.25) is 0 Å². The smallest absolute Gasteiger partial charge is 0.130 e. The zero-order chi connectivity index (χ0) is 14.7. The van der Waals surface area contributed by atoms with Crippen molar-refractivity contribution in [1.29, 1.82) is 0 Å². The van der Waals surface area contributed by atoms with Crippen LogP contribution in [0.5, 0.6) is 5.75 Å². The first-order valence-corrected chi connectivity index (χ1v) is 7.57. The molecule has 110 valence electrons. The van der Waals surface area contributed by atoms with E-state index in [2.05, 4.69) is 48.4 Å². The van der Waals surface area contributed by atoms with E-state index in [4.69, 9.17) is 4.74 Å². The second-order valence-electron chi connectivity index (χ2n) is 5.93. The summed E-state index contributed by atoms with van der Waals surface area (Å²) in [5.41, 5.74) is 4.64. The van der Waals surface area contributed by atoms with Gasteiger partial charge in [-0.3, -0.25) is 4.98 Å². The van der Waals surface area contributed by atoms with Crippen LogP contribution in [-0.2, 0) is 13.2 Å². The molecule has 1 aromatic carbocycles. The number of rotatable bonds is 6. The standard InChI is InChI=1S/C18H22N2O/c1-13-7-14(2)9-18(8-13)21-12-17-4-3-15(11-20-17)10-19-16-5-6-16/h3-4,7-9,11,16,19H,5-6,10,12H2,1-2H3. The number of aryl methyl sites for hydroxylation is 2. The molecule has 1 aliphatic rings. The summed E-state index contributed by atoms with van der Waals surface area (Å²) in [6.07, 6.45) is 4.57. The predicted octanol–water partition coefficient (Wildman–Crippen LogP) is 3.53. The Morgan fingerprint density at radius 2 is 1.90 bits per heavy atom. The molecule has 0 saturated heterocycles. The molecule has 0 spiro atoms. The Morgan fingerprint density at radius 1 is 1.14 bits per heavy atom. The molecule has 0 bridgehead atoms. The molecular weight excluding hydrogens is 260 g/mol. The van der Waals surface area contributed by atoms with Gasteiger partial charge >= 0.3 is 0 Å². The average molecular weight is 282 g/mol. The van der Waals surface area contributed by atoms with Crippen molar-refractivity contribution in [1.82, 2.24) is 10.3 Å². The van der Waals surface area contributed by atoms with Gasteiger partial charge in [0.05, 0.1) is 5.69 Å². The van der Waals surface area contributed by atoms with Gasteiger partial charge in [0.15, 0.2) is 0 Å². The summed E-state index contributed by atoms with van der Waals surface area (Å²) in [4.78, 5) is 4.47. The van der Waals surface area contributed by atoms with Crippen molar-refractivity contribution in [2.24, 2.45) is 0 Å². The number of hydrogen-bond acceptors (Lipinski definition) is 3. The lowest BCUT2D eigenvalue weighted by Gasteiger charge is -2.08. The SMILES string of the molecule is Cc1cc(C)cc(OCc2ccc(CNC3CC3)cn2)c1. The Bertz CT molecular complexity index is 583. The Labute approximate surface area is 126 Å². The molecule has 3 rings (SSSR count). The first-order valence-electron chi connectivity index (χ1n) is 7.57. The second kappa shape index (κ2) is 6.27. The van der Waals surface area contributed by atoms with E-state index >= 15 is 0 Å². The van der Waals surface area contributed by atoms with E-state index < -0.39 is 0 Å². The molecule has 1 aromatic heterocycles. The number of pyridine rings is 1. The van der Waals surface area contributed by atoms with Crippen LogP contribution in [0.25, 0.3) is 0 Å². The Kier molecular flexibility index (Phi) is 4.20. The van der Waals surface area contributed by atoms with Crippen LogP contribution in [0.1, 0.15) is 35.2 Å². The van der Waals surface area contributed by atoms with Gasteiger partial charge < -0.3 is 10.1 Å². The minimum atomic E-state index is 0.513. The fourth-order valence-electron chi connectivity index (χ4n) is 2.37. The van der Waals surface area contributed by atoms with Gasteiger partial charge in [-0.05, 0) is 61.6 Å². The van der Waals surface area contributed by atoms with Crippen molar-refractivity contribution in [2.75, 3.05) is 0 Å². The fraction of sp³-hybridized carbons (Fsp3) is 0.389. The number of ether oxygens (including phenoxy) is 1. The van der Waals surface area contributed by atoms with E-state index in [0.29, 0.717) is 6.61 Å². The molecule has 0 unspecified atom stereocenters. The Morgan fingerprint density at radius 3 is 2.52 bits per heavy atom.